The first kappa shape index (κ1) is 9.61. The van der Waals surface area contributed by atoms with Crippen LogP contribution in [0, 0.1) is 0 Å². The fourth-order valence-corrected chi connectivity index (χ4v) is 1.96. The van der Waals surface area contributed by atoms with Gasteiger partial charge in [-0.05, 0) is 25.9 Å². The van der Waals surface area contributed by atoms with Crippen molar-refractivity contribution in [2.75, 3.05) is 13.1 Å². The van der Waals surface area contributed by atoms with Crippen LogP contribution < -0.4 is 5.32 Å². The van der Waals surface area contributed by atoms with Gasteiger partial charge in [0.1, 0.15) is 6.10 Å². The number of rotatable bonds is 2. The van der Waals surface area contributed by atoms with Gasteiger partial charge in [0.2, 0.25) is 0 Å². The van der Waals surface area contributed by atoms with Gasteiger partial charge in [0.15, 0.2) is 5.69 Å². The van der Waals surface area contributed by atoms with Gasteiger partial charge in [0, 0.05) is 5.38 Å². The molecule has 1 aliphatic heterocycles. The number of aromatic nitrogens is 1. The van der Waals surface area contributed by atoms with Gasteiger partial charge in [-0.15, -0.1) is 11.3 Å². The number of carbonyl (C=O) groups is 1. The molecule has 5 heteroatoms. The fourth-order valence-electron chi connectivity index (χ4n) is 1.44. The molecule has 1 fully saturated rings. The van der Waals surface area contributed by atoms with Crippen molar-refractivity contribution in [2.45, 2.75) is 18.9 Å². The third kappa shape index (κ3) is 2.30. The maximum Gasteiger partial charge on any atom is 0.358 e. The van der Waals surface area contributed by atoms with Crippen LogP contribution in [0.3, 0.4) is 0 Å². The monoisotopic (exact) mass is 212 g/mol. The average Bonchev–Trinajstić information content (AvgIpc) is 2.72. The minimum absolute atomic E-state index is 0.0606. The van der Waals surface area contributed by atoms with E-state index in [-0.39, 0.29) is 12.1 Å². The van der Waals surface area contributed by atoms with E-state index in [4.69, 9.17) is 4.74 Å². The predicted molar refractivity (Wildman–Crippen MR) is 53.4 cm³/mol. The summed E-state index contributed by atoms with van der Waals surface area (Å²) in [7, 11) is 0. The normalized spacial score (nSPS) is 18.0. The Labute approximate surface area is 86.3 Å². The zero-order valence-electron chi connectivity index (χ0n) is 7.73. The molecule has 0 atom stereocenters. The Morgan fingerprint density at radius 2 is 2.36 bits per heavy atom. The molecule has 0 aromatic carbocycles. The van der Waals surface area contributed by atoms with Crippen molar-refractivity contribution in [3.05, 3.63) is 16.6 Å². The molecule has 1 aromatic rings. The van der Waals surface area contributed by atoms with Gasteiger partial charge in [-0.25, -0.2) is 9.78 Å². The van der Waals surface area contributed by atoms with E-state index < -0.39 is 0 Å². The third-order valence-corrected chi connectivity index (χ3v) is 2.79. The third-order valence-electron chi connectivity index (χ3n) is 2.20. The zero-order valence-corrected chi connectivity index (χ0v) is 8.55. The summed E-state index contributed by atoms with van der Waals surface area (Å²) in [5, 5.41) is 4.93. The van der Waals surface area contributed by atoms with Crippen LogP contribution in [0.4, 0.5) is 0 Å². The maximum atomic E-state index is 11.5. The van der Waals surface area contributed by atoms with Crippen LogP contribution in [0.15, 0.2) is 10.9 Å². The quantitative estimate of drug-likeness (QED) is 0.744. The van der Waals surface area contributed by atoms with Gasteiger partial charge in [-0.3, -0.25) is 0 Å². The van der Waals surface area contributed by atoms with E-state index in [2.05, 4.69) is 10.3 Å². The Balaban J connectivity index is 1.87. The summed E-state index contributed by atoms with van der Waals surface area (Å²) in [6.07, 6.45) is 1.86. The van der Waals surface area contributed by atoms with Crippen molar-refractivity contribution in [1.82, 2.24) is 10.3 Å². The lowest BCUT2D eigenvalue weighted by Crippen LogP contribution is -2.33. The Morgan fingerprint density at radius 3 is 3.00 bits per heavy atom. The van der Waals surface area contributed by atoms with Gasteiger partial charge in [0.25, 0.3) is 0 Å². The lowest BCUT2D eigenvalue weighted by molar-refractivity contribution is 0.0224. The molecule has 0 saturated carbocycles. The van der Waals surface area contributed by atoms with Crippen molar-refractivity contribution in [3.8, 4) is 0 Å². The molecule has 1 N–H and O–H groups in total. The highest BCUT2D eigenvalue weighted by atomic mass is 32.1. The van der Waals surface area contributed by atoms with Gasteiger partial charge >= 0.3 is 5.97 Å². The number of hydrogen-bond donors (Lipinski definition) is 1. The molecular weight excluding hydrogens is 200 g/mol. The Morgan fingerprint density at radius 1 is 1.57 bits per heavy atom. The van der Waals surface area contributed by atoms with Crippen molar-refractivity contribution in [1.29, 1.82) is 0 Å². The summed E-state index contributed by atoms with van der Waals surface area (Å²) in [4.78, 5) is 15.4. The molecule has 0 aliphatic carbocycles. The number of hydrogen-bond acceptors (Lipinski definition) is 5. The lowest BCUT2D eigenvalue weighted by atomic mass is 10.1. The molecule has 0 radical (unpaired) electrons. The van der Waals surface area contributed by atoms with Crippen LogP contribution >= 0.6 is 11.3 Å². The molecule has 4 nitrogen and oxygen atoms in total. The standard InChI is InChI=1S/C9H12N2O2S/c12-9(8-5-14-6-11-8)13-7-1-3-10-4-2-7/h5-7,10H,1-4H2. The molecule has 1 aliphatic rings. The van der Waals surface area contributed by atoms with Gasteiger partial charge < -0.3 is 10.1 Å². The average molecular weight is 212 g/mol. The molecule has 2 heterocycles. The molecule has 1 saturated heterocycles. The molecule has 0 spiro atoms. The topological polar surface area (TPSA) is 51.2 Å². The number of nitrogens with zero attached hydrogens (tertiary/aromatic N) is 1. The van der Waals surface area contributed by atoms with Crippen LogP contribution in [0.1, 0.15) is 23.3 Å². The molecule has 76 valence electrons. The van der Waals surface area contributed by atoms with Crippen molar-refractivity contribution >= 4 is 17.3 Å². The van der Waals surface area contributed by atoms with Crippen molar-refractivity contribution in [2.24, 2.45) is 0 Å². The number of carbonyl (C=O) groups excluding carboxylic acids is 1. The van der Waals surface area contributed by atoms with E-state index in [1.165, 1.54) is 11.3 Å². The lowest BCUT2D eigenvalue weighted by Gasteiger charge is -2.22. The number of esters is 1. The van der Waals surface area contributed by atoms with Crippen LogP contribution in [0.25, 0.3) is 0 Å². The second kappa shape index (κ2) is 4.52. The Bertz CT molecular complexity index is 294. The van der Waals surface area contributed by atoms with E-state index in [1.54, 1.807) is 10.9 Å². The zero-order chi connectivity index (χ0) is 9.80. The van der Waals surface area contributed by atoms with Gasteiger partial charge in [0.05, 0.1) is 5.51 Å². The van der Waals surface area contributed by atoms with E-state index in [0.29, 0.717) is 5.69 Å². The summed E-state index contributed by atoms with van der Waals surface area (Å²) in [6, 6.07) is 0. The van der Waals surface area contributed by atoms with Gasteiger partial charge in [-0.2, -0.15) is 0 Å². The molecule has 2 rings (SSSR count). The number of thiazole rings is 1. The summed E-state index contributed by atoms with van der Waals surface area (Å²) in [6.45, 7) is 1.85. The smallest absolute Gasteiger partial charge is 0.358 e. The fraction of sp³-hybridized carbons (Fsp3) is 0.556. The minimum atomic E-state index is -0.293. The first-order chi connectivity index (χ1) is 6.86. The number of ether oxygens (including phenoxy) is 1. The first-order valence-corrected chi connectivity index (χ1v) is 5.60. The van der Waals surface area contributed by atoms with Crippen LogP contribution in [0.2, 0.25) is 0 Å². The first-order valence-electron chi connectivity index (χ1n) is 4.66. The largest absolute Gasteiger partial charge is 0.458 e. The highest BCUT2D eigenvalue weighted by molar-refractivity contribution is 7.07. The second-order valence-corrected chi connectivity index (χ2v) is 3.95. The molecule has 0 unspecified atom stereocenters. The Hall–Kier alpha value is -0.940. The van der Waals surface area contributed by atoms with Crippen molar-refractivity contribution in [3.63, 3.8) is 0 Å². The van der Waals surface area contributed by atoms with E-state index in [0.717, 1.165) is 25.9 Å². The molecule has 1 aromatic heterocycles. The van der Waals surface area contributed by atoms with Crippen LogP contribution in [0.5, 0.6) is 0 Å². The number of piperidine rings is 1. The van der Waals surface area contributed by atoms with Gasteiger partial charge in [-0.1, -0.05) is 0 Å². The van der Waals surface area contributed by atoms with E-state index >= 15 is 0 Å². The van der Waals surface area contributed by atoms with E-state index in [1.807, 2.05) is 0 Å². The van der Waals surface area contributed by atoms with Crippen molar-refractivity contribution < 1.29 is 9.53 Å². The molecule has 14 heavy (non-hydrogen) atoms. The SMILES string of the molecule is O=C(OC1CCNCC1)c1cscn1. The number of nitrogens with one attached hydrogen (secondary N) is 1. The molecule has 0 amide bonds. The highest BCUT2D eigenvalue weighted by Gasteiger charge is 2.19. The summed E-state index contributed by atoms with van der Waals surface area (Å²) in [5.41, 5.74) is 2.06. The summed E-state index contributed by atoms with van der Waals surface area (Å²) >= 11 is 1.41. The molecular formula is C9H12N2O2S. The second-order valence-electron chi connectivity index (χ2n) is 3.23. The minimum Gasteiger partial charge on any atom is -0.458 e. The molecule has 0 bridgehead atoms. The van der Waals surface area contributed by atoms with Crippen LogP contribution in [-0.4, -0.2) is 30.1 Å². The van der Waals surface area contributed by atoms with Crippen LogP contribution in [-0.2, 0) is 4.74 Å². The summed E-state index contributed by atoms with van der Waals surface area (Å²) < 4.78 is 5.30. The summed E-state index contributed by atoms with van der Waals surface area (Å²) in [5.74, 6) is -0.293. The predicted octanol–water partition coefficient (Wildman–Crippen LogP) is 1.05. The maximum absolute atomic E-state index is 11.5. The van der Waals surface area contributed by atoms with E-state index in [9.17, 15) is 4.79 Å². The highest BCUT2D eigenvalue weighted by Crippen LogP contribution is 2.11. The Kier molecular flexibility index (Phi) is 3.10.